The Kier molecular flexibility index (Phi) is 4.31. The van der Waals surface area contributed by atoms with Crippen LogP contribution in [0.3, 0.4) is 0 Å². The van der Waals surface area contributed by atoms with Crippen molar-refractivity contribution in [3.8, 4) is 0 Å². The molecule has 5 nitrogen and oxygen atoms in total. The first-order valence-electron chi connectivity index (χ1n) is 5.44. The number of nitroso groups, excluding NO2 is 1. The van der Waals surface area contributed by atoms with E-state index in [9.17, 15) is 4.91 Å². The third kappa shape index (κ3) is 3.94. The lowest BCUT2D eigenvalue weighted by atomic mass is 9.97. The molecule has 92 valence electrons. The lowest BCUT2D eigenvalue weighted by molar-refractivity contribution is 0.430. The molecule has 0 saturated carbocycles. The van der Waals surface area contributed by atoms with E-state index in [1.54, 1.807) is 17.0 Å². The summed E-state index contributed by atoms with van der Waals surface area (Å²) in [5.74, 6) is 0. The third-order valence-corrected chi connectivity index (χ3v) is 2.12. The summed E-state index contributed by atoms with van der Waals surface area (Å²) in [6, 6.07) is 3.65. The highest BCUT2D eigenvalue weighted by Gasteiger charge is 2.09. The van der Waals surface area contributed by atoms with Gasteiger partial charge in [-0.25, -0.2) is 4.68 Å². The van der Waals surface area contributed by atoms with Crippen LogP contribution >= 0.6 is 0 Å². The van der Waals surface area contributed by atoms with Crippen molar-refractivity contribution in [3.05, 3.63) is 28.4 Å². The van der Waals surface area contributed by atoms with Crippen LogP contribution in [-0.4, -0.2) is 24.2 Å². The summed E-state index contributed by atoms with van der Waals surface area (Å²) in [6.07, 6.45) is 1.74. The summed E-state index contributed by atoms with van der Waals surface area (Å²) in [7, 11) is 0. The van der Waals surface area contributed by atoms with E-state index in [1.165, 1.54) is 0 Å². The van der Waals surface area contributed by atoms with Crippen LogP contribution in [0.5, 0.6) is 0 Å². The van der Waals surface area contributed by atoms with Crippen LogP contribution in [0.1, 0.15) is 32.2 Å². The molecular weight excluding hydrogens is 216 g/mol. The molecule has 0 unspecified atom stereocenters. The van der Waals surface area contributed by atoms with Gasteiger partial charge in [0.05, 0.1) is 11.4 Å². The van der Waals surface area contributed by atoms with Crippen LogP contribution in [0.4, 0.5) is 0 Å². The van der Waals surface area contributed by atoms with Crippen molar-refractivity contribution in [2.75, 3.05) is 6.54 Å². The van der Waals surface area contributed by atoms with Crippen molar-refractivity contribution in [1.29, 1.82) is 0 Å². The Morgan fingerprint density at radius 3 is 2.65 bits per heavy atom. The van der Waals surface area contributed by atoms with Gasteiger partial charge >= 0.3 is 0 Å². The molecule has 0 fully saturated rings. The largest absolute Gasteiger partial charge is 0.290 e. The predicted octanol–water partition coefficient (Wildman–Crippen LogP) is 2.68. The van der Waals surface area contributed by atoms with Crippen LogP contribution in [-0.2, 0) is 6.54 Å². The van der Waals surface area contributed by atoms with E-state index >= 15 is 0 Å². The van der Waals surface area contributed by atoms with Gasteiger partial charge in [0.2, 0.25) is 0 Å². The second-order valence-electron chi connectivity index (χ2n) is 5.02. The first kappa shape index (κ1) is 13.3. The zero-order valence-electron chi connectivity index (χ0n) is 10.6. The van der Waals surface area contributed by atoms with Crippen molar-refractivity contribution in [2.24, 2.45) is 20.7 Å². The molecule has 1 heterocycles. The number of nitrogens with zero attached hydrogens (tertiary/aromatic N) is 4. The molecule has 0 spiro atoms. The van der Waals surface area contributed by atoms with E-state index in [-0.39, 0.29) is 12.0 Å². The predicted molar refractivity (Wildman–Crippen MR) is 70.8 cm³/mol. The Labute approximate surface area is 101 Å². The summed E-state index contributed by atoms with van der Waals surface area (Å²) in [6.45, 7) is 10.7. The van der Waals surface area contributed by atoms with Crippen LogP contribution in [0.15, 0.2) is 27.4 Å². The van der Waals surface area contributed by atoms with Gasteiger partial charge in [-0.2, -0.15) is 10.0 Å². The van der Waals surface area contributed by atoms with Gasteiger partial charge in [-0.05, 0) is 17.5 Å². The average Bonchev–Trinajstić information content (AvgIpc) is 2.59. The standard InChI is InChI=1S/C12H18N4O/c1-12(2,3)9-14-7-10-5-6-11(8-15-17)16(10)13-4/h5-7H,4,8-9H2,1-3H3/b14-7-. The molecule has 0 N–H and O–H groups in total. The van der Waals surface area contributed by atoms with E-state index < -0.39 is 0 Å². The Morgan fingerprint density at radius 1 is 1.41 bits per heavy atom. The van der Waals surface area contributed by atoms with Gasteiger partial charge in [-0.3, -0.25) is 4.99 Å². The molecule has 1 aromatic rings. The zero-order chi connectivity index (χ0) is 12.9. The minimum atomic E-state index is 0.0894. The fourth-order valence-corrected chi connectivity index (χ4v) is 1.36. The van der Waals surface area contributed by atoms with Gasteiger partial charge in [0, 0.05) is 19.5 Å². The molecule has 0 saturated heterocycles. The molecule has 0 aromatic carbocycles. The van der Waals surface area contributed by atoms with E-state index in [0.717, 1.165) is 12.2 Å². The van der Waals surface area contributed by atoms with Gasteiger partial charge in [0.15, 0.2) is 0 Å². The number of hydrogen-bond donors (Lipinski definition) is 0. The number of rotatable bonds is 5. The van der Waals surface area contributed by atoms with Crippen LogP contribution in [0.25, 0.3) is 0 Å². The average molecular weight is 234 g/mol. The molecule has 0 amide bonds. The number of aromatic nitrogens is 1. The highest BCUT2D eigenvalue weighted by Crippen LogP contribution is 2.13. The van der Waals surface area contributed by atoms with E-state index in [0.29, 0.717) is 5.69 Å². The lowest BCUT2D eigenvalue weighted by Crippen LogP contribution is -2.09. The lowest BCUT2D eigenvalue weighted by Gasteiger charge is -2.13. The SMILES string of the molecule is C=Nn1c(/C=N\CC(C)(C)C)ccc1CN=O. The molecule has 1 aromatic heterocycles. The van der Waals surface area contributed by atoms with E-state index in [1.807, 2.05) is 6.07 Å². The maximum atomic E-state index is 10.2. The molecule has 1 rings (SSSR count). The van der Waals surface area contributed by atoms with Crippen molar-refractivity contribution < 1.29 is 0 Å². The van der Waals surface area contributed by atoms with Crippen molar-refractivity contribution in [2.45, 2.75) is 27.3 Å². The van der Waals surface area contributed by atoms with Crippen LogP contribution < -0.4 is 0 Å². The summed E-state index contributed by atoms with van der Waals surface area (Å²) in [4.78, 5) is 14.6. The Balaban J connectivity index is 2.84. The quantitative estimate of drug-likeness (QED) is 0.570. The Morgan fingerprint density at radius 2 is 2.12 bits per heavy atom. The second-order valence-corrected chi connectivity index (χ2v) is 5.02. The van der Waals surface area contributed by atoms with Gasteiger partial charge in [0.1, 0.15) is 6.54 Å². The summed E-state index contributed by atoms with van der Waals surface area (Å²) in [5.41, 5.74) is 1.68. The minimum Gasteiger partial charge on any atom is -0.290 e. The first-order valence-corrected chi connectivity index (χ1v) is 5.44. The maximum absolute atomic E-state index is 10.2. The molecule has 0 aliphatic rings. The molecule has 0 aliphatic heterocycles. The molecule has 5 heteroatoms. The first-order chi connectivity index (χ1) is 7.98. The van der Waals surface area contributed by atoms with E-state index in [4.69, 9.17) is 0 Å². The summed E-state index contributed by atoms with van der Waals surface area (Å²) >= 11 is 0. The monoisotopic (exact) mass is 234 g/mol. The summed E-state index contributed by atoms with van der Waals surface area (Å²) < 4.78 is 1.58. The number of hydrogen-bond acceptors (Lipinski definition) is 4. The van der Waals surface area contributed by atoms with Crippen molar-refractivity contribution in [3.63, 3.8) is 0 Å². The Hall–Kier alpha value is -1.78. The van der Waals surface area contributed by atoms with Crippen molar-refractivity contribution >= 4 is 12.9 Å². The molecule has 17 heavy (non-hydrogen) atoms. The van der Waals surface area contributed by atoms with Gasteiger partial charge in [-0.1, -0.05) is 25.9 Å². The summed E-state index contributed by atoms with van der Waals surface area (Å²) in [5, 5.41) is 6.68. The third-order valence-electron chi connectivity index (χ3n) is 2.12. The smallest absolute Gasteiger partial charge is 0.123 e. The zero-order valence-corrected chi connectivity index (χ0v) is 10.6. The fraction of sp³-hybridized carbons (Fsp3) is 0.500. The molecular formula is C12H18N4O. The maximum Gasteiger partial charge on any atom is 0.123 e. The van der Waals surface area contributed by atoms with Gasteiger partial charge < -0.3 is 0 Å². The highest BCUT2D eigenvalue weighted by atomic mass is 16.3. The molecule has 0 aliphatic carbocycles. The minimum absolute atomic E-state index is 0.0894. The highest BCUT2D eigenvalue weighted by molar-refractivity contribution is 5.78. The fourth-order valence-electron chi connectivity index (χ4n) is 1.36. The molecule has 0 bridgehead atoms. The van der Waals surface area contributed by atoms with Crippen molar-refractivity contribution in [1.82, 2.24) is 4.68 Å². The molecule has 0 atom stereocenters. The van der Waals surface area contributed by atoms with Crippen LogP contribution in [0.2, 0.25) is 0 Å². The van der Waals surface area contributed by atoms with Crippen LogP contribution in [0, 0.1) is 10.3 Å². The Bertz CT molecular complexity index is 426. The number of aliphatic imine (C=N–C) groups is 1. The van der Waals surface area contributed by atoms with Gasteiger partial charge in [0.25, 0.3) is 0 Å². The topological polar surface area (TPSA) is 59.1 Å². The van der Waals surface area contributed by atoms with E-state index in [2.05, 4.69) is 42.8 Å². The normalized spacial score (nSPS) is 11.9. The van der Waals surface area contributed by atoms with Gasteiger partial charge in [-0.15, -0.1) is 0 Å². The molecule has 0 radical (unpaired) electrons. The second kappa shape index (κ2) is 5.52.